The molecule has 1 saturated heterocycles. The molecule has 1 aromatic heterocycles. The minimum atomic E-state index is 0.835. The Hall–Kier alpha value is -1.20. The van der Waals surface area contributed by atoms with Crippen molar-refractivity contribution in [2.75, 3.05) is 38.1 Å². The number of hydrogen-bond acceptors (Lipinski definition) is 5. The van der Waals surface area contributed by atoms with E-state index in [1.54, 1.807) is 0 Å². The van der Waals surface area contributed by atoms with Crippen molar-refractivity contribution in [1.82, 2.24) is 20.2 Å². The van der Waals surface area contributed by atoms with Crippen LogP contribution in [0.5, 0.6) is 0 Å². The van der Waals surface area contributed by atoms with Crippen LogP contribution in [0.15, 0.2) is 6.20 Å². The Bertz CT molecular complexity index is 462. The summed E-state index contributed by atoms with van der Waals surface area (Å²) in [5, 5.41) is 3.16. The van der Waals surface area contributed by atoms with Crippen LogP contribution in [0.25, 0.3) is 0 Å². The monoisotopic (exact) mass is 289 g/mol. The van der Waals surface area contributed by atoms with E-state index in [4.69, 9.17) is 4.98 Å². The van der Waals surface area contributed by atoms with Gasteiger partial charge in [-0.2, -0.15) is 0 Å². The first kappa shape index (κ1) is 14.7. The van der Waals surface area contributed by atoms with Gasteiger partial charge in [0.25, 0.3) is 0 Å². The van der Waals surface area contributed by atoms with Crippen molar-refractivity contribution in [1.29, 1.82) is 0 Å². The van der Waals surface area contributed by atoms with Crippen LogP contribution >= 0.6 is 0 Å². The number of nitrogens with zero attached hydrogens (tertiary/aromatic N) is 4. The molecule has 0 amide bonds. The maximum Gasteiger partial charge on any atom is 0.225 e. The van der Waals surface area contributed by atoms with Gasteiger partial charge in [-0.1, -0.05) is 12.8 Å². The van der Waals surface area contributed by atoms with Gasteiger partial charge in [-0.3, -0.25) is 4.90 Å². The molecule has 1 aliphatic carbocycles. The normalized spacial score (nSPS) is 21.1. The van der Waals surface area contributed by atoms with Crippen LogP contribution in [0.2, 0.25) is 0 Å². The number of aromatic nitrogens is 2. The fourth-order valence-corrected chi connectivity index (χ4v) is 3.55. The van der Waals surface area contributed by atoms with Crippen LogP contribution in [-0.4, -0.2) is 54.1 Å². The van der Waals surface area contributed by atoms with Gasteiger partial charge in [-0.05, 0) is 26.8 Å². The minimum absolute atomic E-state index is 0.835. The molecule has 1 saturated carbocycles. The summed E-state index contributed by atoms with van der Waals surface area (Å²) in [6, 6.07) is 0.841. The maximum absolute atomic E-state index is 4.69. The first-order chi connectivity index (χ1) is 10.3. The molecule has 1 aromatic rings. The number of aryl methyl sites for hydroxylation is 1. The van der Waals surface area contributed by atoms with E-state index in [2.05, 4.69) is 27.0 Å². The third-order valence-corrected chi connectivity index (χ3v) is 4.87. The Kier molecular flexibility index (Phi) is 4.70. The van der Waals surface area contributed by atoms with E-state index in [9.17, 15) is 0 Å². The van der Waals surface area contributed by atoms with Crippen molar-refractivity contribution in [2.24, 2.45) is 0 Å². The number of rotatable bonds is 4. The fraction of sp³-hybridized carbons (Fsp3) is 0.750. The second-order valence-electron chi connectivity index (χ2n) is 6.27. The molecule has 0 atom stereocenters. The molecule has 1 aliphatic heterocycles. The van der Waals surface area contributed by atoms with Gasteiger partial charge in [0.2, 0.25) is 5.95 Å². The molecule has 5 nitrogen and oxygen atoms in total. The van der Waals surface area contributed by atoms with Crippen molar-refractivity contribution in [3.05, 3.63) is 17.5 Å². The maximum atomic E-state index is 4.69. The van der Waals surface area contributed by atoms with E-state index in [1.165, 1.54) is 31.2 Å². The Morgan fingerprint density at radius 2 is 1.90 bits per heavy atom. The van der Waals surface area contributed by atoms with Crippen LogP contribution in [-0.2, 0) is 6.54 Å². The van der Waals surface area contributed by atoms with E-state index < -0.39 is 0 Å². The highest BCUT2D eigenvalue weighted by Crippen LogP contribution is 2.25. The molecule has 0 aromatic carbocycles. The Balaban J connectivity index is 1.59. The lowest BCUT2D eigenvalue weighted by atomic mass is 10.2. The molecular weight excluding hydrogens is 262 g/mol. The predicted molar refractivity (Wildman–Crippen MR) is 85.6 cm³/mol. The van der Waals surface area contributed by atoms with Crippen LogP contribution in [0.4, 0.5) is 5.95 Å². The molecule has 21 heavy (non-hydrogen) atoms. The van der Waals surface area contributed by atoms with Crippen LogP contribution in [0.1, 0.15) is 36.9 Å². The van der Waals surface area contributed by atoms with E-state index in [0.717, 1.165) is 50.4 Å². The van der Waals surface area contributed by atoms with Crippen molar-refractivity contribution in [2.45, 2.75) is 45.2 Å². The molecule has 0 bridgehead atoms. The Morgan fingerprint density at radius 3 is 2.52 bits per heavy atom. The van der Waals surface area contributed by atoms with Crippen LogP contribution in [0.3, 0.4) is 0 Å². The van der Waals surface area contributed by atoms with Gasteiger partial charge in [0, 0.05) is 56.2 Å². The van der Waals surface area contributed by atoms with Crippen LogP contribution < -0.4 is 10.2 Å². The summed E-state index contributed by atoms with van der Waals surface area (Å²) in [6.07, 6.45) is 7.60. The van der Waals surface area contributed by atoms with Gasteiger partial charge in [0.1, 0.15) is 0 Å². The summed E-state index contributed by atoms with van der Waals surface area (Å²) in [4.78, 5) is 14.3. The highest BCUT2D eigenvalue weighted by Gasteiger charge is 2.26. The molecule has 0 spiro atoms. The minimum Gasteiger partial charge on any atom is -0.338 e. The second-order valence-corrected chi connectivity index (χ2v) is 6.27. The number of nitrogens with one attached hydrogen (secondary N) is 1. The molecule has 0 unspecified atom stereocenters. The summed E-state index contributed by atoms with van der Waals surface area (Å²) in [6.45, 7) is 7.34. The lowest BCUT2D eigenvalue weighted by Gasteiger charge is -2.38. The predicted octanol–water partition coefficient (Wildman–Crippen LogP) is 1.57. The average molecular weight is 289 g/mol. The molecule has 116 valence electrons. The van der Waals surface area contributed by atoms with Gasteiger partial charge in [0.15, 0.2) is 0 Å². The average Bonchev–Trinajstić information content (AvgIpc) is 3.04. The second kappa shape index (κ2) is 6.71. The highest BCUT2D eigenvalue weighted by atomic mass is 15.3. The van der Waals surface area contributed by atoms with Gasteiger partial charge in [-0.15, -0.1) is 0 Å². The number of hydrogen-bond donors (Lipinski definition) is 1. The first-order valence-corrected chi connectivity index (χ1v) is 8.24. The topological polar surface area (TPSA) is 44.3 Å². The van der Waals surface area contributed by atoms with Crippen molar-refractivity contribution >= 4 is 5.95 Å². The van der Waals surface area contributed by atoms with Gasteiger partial charge < -0.3 is 10.2 Å². The Morgan fingerprint density at radius 1 is 1.19 bits per heavy atom. The largest absolute Gasteiger partial charge is 0.338 e. The van der Waals surface area contributed by atoms with E-state index in [1.807, 2.05) is 13.2 Å². The van der Waals surface area contributed by atoms with Crippen molar-refractivity contribution in [3.63, 3.8) is 0 Å². The molecule has 3 rings (SSSR count). The molecule has 2 fully saturated rings. The number of piperazine rings is 1. The summed E-state index contributed by atoms with van der Waals surface area (Å²) < 4.78 is 0. The van der Waals surface area contributed by atoms with E-state index >= 15 is 0 Å². The molecule has 2 aliphatic rings. The summed E-state index contributed by atoms with van der Waals surface area (Å²) in [5.74, 6) is 0.901. The molecule has 5 heteroatoms. The third kappa shape index (κ3) is 3.35. The third-order valence-electron chi connectivity index (χ3n) is 4.87. The van der Waals surface area contributed by atoms with Crippen molar-refractivity contribution in [3.8, 4) is 0 Å². The molecule has 2 heterocycles. The summed E-state index contributed by atoms with van der Waals surface area (Å²) in [7, 11) is 1.95. The van der Waals surface area contributed by atoms with Gasteiger partial charge in [0.05, 0.1) is 0 Å². The Labute approximate surface area is 127 Å². The van der Waals surface area contributed by atoms with Gasteiger partial charge in [-0.25, -0.2) is 9.97 Å². The zero-order valence-corrected chi connectivity index (χ0v) is 13.3. The van der Waals surface area contributed by atoms with E-state index in [0.29, 0.717) is 0 Å². The SMILES string of the molecule is CNCc1cnc(N2CCN(C3CCCC3)CC2)nc1C. The number of anilines is 1. The summed E-state index contributed by atoms with van der Waals surface area (Å²) in [5.41, 5.74) is 2.28. The van der Waals surface area contributed by atoms with Crippen LogP contribution in [0, 0.1) is 6.92 Å². The quantitative estimate of drug-likeness (QED) is 0.911. The standard InChI is InChI=1S/C16H27N5/c1-13-14(11-17-2)12-18-16(19-13)21-9-7-20(8-10-21)15-5-3-4-6-15/h12,15,17H,3-11H2,1-2H3. The summed E-state index contributed by atoms with van der Waals surface area (Å²) >= 11 is 0. The van der Waals surface area contributed by atoms with Gasteiger partial charge >= 0.3 is 0 Å². The zero-order valence-electron chi connectivity index (χ0n) is 13.3. The van der Waals surface area contributed by atoms with Crippen molar-refractivity contribution < 1.29 is 0 Å². The lowest BCUT2D eigenvalue weighted by Crippen LogP contribution is -2.50. The smallest absolute Gasteiger partial charge is 0.225 e. The molecular formula is C16H27N5. The first-order valence-electron chi connectivity index (χ1n) is 8.24. The fourth-order valence-electron chi connectivity index (χ4n) is 3.55. The molecule has 0 radical (unpaired) electrons. The highest BCUT2D eigenvalue weighted by molar-refractivity contribution is 5.33. The molecule has 1 N–H and O–H groups in total. The lowest BCUT2D eigenvalue weighted by molar-refractivity contribution is 0.187. The van der Waals surface area contributed by atoms with E-state index in [-0.39, 0.29) is 0 Å². The zero-order chi connectivity index (χ0) is 14.7.